The first-order valence-corrected chi connectivity index (χ1v) is 8.78. The lowest BCUT2D eigenvalue weighted by molar-refractivity contribution is -0.129. The fourth-order valence-electron chi connectivity index (χ4n) is 2.91. The number of nitrogens with zero attached hydrogens (tertiary/aromatic N) is 2. The van der Waals surface area contributed by atoms with E-state index >= 15 is 0 Å². The molecule has 1 atom stereocenters. The molecule has 1 aromatic rings. The van der Waals surface area contributed by atoms with Crippen molar-refractivity contribution in [2.75, 3.05) is 40.3 Å². The molecule has 1 fully saturated rings. The van der Waals surface area contributed by atoms with Crippen molar-refractivity contribution in [1.82, 2.24) is 15.1 Å². The average molecular weight is 352 g/mol. The summed E-state index contributed by atoms with van der Waals surface area (Å²) >= 11 is 5.95. The van der Waals surface area contributed by atoms with Crippen LogP contribution in [0.4, 0.5) is 0 Å². The van der Waals surface area contributed by atoms with E-state index in [0.29, 0.717) is 24.5 Å². The number of carbonyl (C=O) groups excluding carboxylic acids is 2. The van der Waals surface area contributed by atoms with Crippen molar-refractivity contribution in [1.29, 1.82) is 0 Å². The molecule has 1 aliphatic heterocycles. The fraction of sp³-hybridized carbons (Fsp3) is 0.556. The Labute approximate surface area is 149 Å². The van der Waals surface area contributed by atoms with Gasteiger partial charge < -0.3 is 15.1 Å². The third-order valence-corrected chi connectivity index (χ3v) is 4.46. The van der Waals surface area contributed by atoms with Gasteiger partial charge in [-0.05, 0) is 51.2 Å². The van der Waals surface area contributed by atoms with Gasteiger partial charge in [-0.15, -0.1) is 0 Å². The first-order chi connectivity index (χ1) is 11.5. The molecule has 0 spiro atoms. The Bertz CT molecular complexity index is 577. The Morgan fingerprint density at radius 2 is 2.21 bits per heavy atom. The van der Waals surface area contributed by atoms with Crippen LogP contribution in [-0.2, 0) is 16.0 Å². The van der Waals surface area contributed by atoms with Gasteiger partial charge in [-0.25, -0.2) is 0 Å². The quantitative estimate of drug-likeness (QED) is 0.777. The Hall–Kier alpha value is -1.59. The van der Waals surface area contributed by atoms with Gasteiger partial charge in [-0.3, -0.25) is 9.59 Å². The van der Waals surface area contributed by atoms with Crippen LogP contribution in [0.25, 0.3) is 0 Å². The summed E-state index contributed by atoms with van der Waals surface area (Å²) in [6.07, 6.45) is 1.99. The molecular weight excluding hydrogens is 326 g/mol. The van der Waals surface area contributed by atoms with Crippen molar-refractivity contribution in [3.63, 3.8) is 0 Å². The van der Waals surface area contributed by atoms with Crippen LogP contribution >= 0.6 is 11.6 Å². The number of rotatable bonds is 8. The van der Waals surface area contributed by atoms with Crippen LogP contribution < -0.4 is 5.32 Å². The van der Waals surface area contributed by atoms with Gasteiger partial charge in [0.1, 0.15) is 0 Å². The van der Waals surface area contributed by atoms with Crippen molar-refractivity contribution in [2.24, 2.45) is 5.92 Å². The van der Waals surface area contributed by atoms with Gasteiger partial charge in [0, 0.05) is 31.1 Å². The molecule has 1 saturated heterocycles. The Kier molecular flexibility index (Phi) is 7.06. The Balaban J connectivity index is 1.72. The lowest BCUT2D eigenvalue weighted by Crippen LogP contribution is -2.34. The summed E-state index contributed by atoms with van der Waals surface area (Å²) in [5.41, 5.74) is 1.09. The molecule has 0 saturated carbocycles. The molecule has 0 aliphatic carbocycles. The van der Waals surface area contributed by atoms with Gasteiger partial charge in [-0.2, -0.15) is 0 Å². The van der Waals surface area contributed by atoms with Gasteiger partial charge in [-0.1, -0.05) is 23.7 Å². The summed E-state index contributed by atoms with van der Waals surface area (Å²) in [6, 6.07) is 7.63. The third-order valence-electron chi connectivity index (χ3n) is 4.22. The summed E-state index contributed by atoms with van der Waals surface area (Å²) in [5, 5.41) is 3.64. The molecule has 5 nitrogen and oxygen atoms in total. The van der Waals surface area contributed by atoms with E-state index < -0.39 is 0 Å². The Morgan fingerprint density at radius 1 is 1.42 bits per heavy atom. The highest BCUT2D eigenvalue weighted by molar-refractivity contribution is 6.30. The monoisotopic (exact) mass is 351 g/mol. The van der Waals surface area contributed by atoms with Crippen LogP contribution in [0, 0.1) is 5.92 Å². The summed E-state index contributed by atoms with van der Waals surface area (Å²) < 4.78 is 0. The molecule has 0 aromatic heterocycles. The molecular formula is C18H26ClN3O2. The Morgan fingerprint density at radius 3 is 2.92 bits per heavy atom. The van der Waals surface area contributed by atoms with Gasteiger partial charge in [0.15, 0.2) is 0 Å². The summed E-state index contributed by atoms with van der Waals surface area (Å²) in [5.74, 6) is -0.166. The number of amides is 2. The zero-order valence-corrected chi connectivity index (χ0v) is 15.2. The highest BCUT2D eigenvalue weighted by atomic mass is 35.5. The minimum Gasteiger partial charge on any atom is -0.355 e. The molecule has 0 radical (unpaired) electrons. The molecule has 1 N–H and O–H groups in total. The lowest BCUT2D eigenvalue weighted by Gasteiger charge is -2.18. The number of nitrogens with one attached hydrogen (secondary N) is 1. The smallest absolute Gasteiger partial charge is 0.225 e. The molecule has 1 unspecified atom stereocenters. The third kappa shape index (κ3) is 5.80. The van der Waals surface area contributed by atoms with Crippen molar-refractivity contribution in [3.05, 3.63) is 34.9 Å². The van der Waals surface area contributed by atoms with Crippen molar-refractivity contribution >= 4 is 23.4 Å². The molecule has 1 heterocycles. The highest BCUT2D eigenvalue weighted by Crippen LogP contribution is 2.18. The van der Waals surface area contributed by atoms with E-state index in [4.69, 9.17) is 11.6 Å². The second kappa shape index (κ2) is 9.04. The van der Waals surface area contributed by atoms with Gasteiger partial charge in [0.2, 0.25) is 11.8 Å². The van der Waals surface area contributed by atoms with E-state index in [1.807, 2.05) is 43.3 Å². The van der Waals surface area contributed by atoms with Crippen LogP contribution in [0.5, 0.6) is 0 Å². The second-order valence-corrected chi connectivity index (χ2v) is 7.01. The summed E-state index contributed by atoms with van der Waals surface area (Å²) in [7, 11) is 4.03. The number of hydrogen-bond acceptors (Lipinski definition) is 3. The second-order valence-electron chi connectivity index (χ2n) is 6.57. The molecule has 1 aromatic carbocycles. The maximum atomic E-state index is 12.3. The number of benzene rings is 1. The first-order valence-electron chi connectivity index (χ1n) is 8.40. The van der Waals surface area contributed by atoms with Gasteiger partial charge in [0.05, 0.1) is 5.92 Å². The van der Waals surface area contributed by atoms with Crippen LogP contribution in [0.3, 0.4) is 0 Å². The number of carbonyl (C=O) groups is 2. The topological polar surface area (TPSA) is 52.6 Å². The van der Waals surface area contributed by atoms with E-state index in [9.17, 15) is 9.59 Å². The number of hydrogen-bond donors (Lipinski definition) is 1. The van der Waals surface area contributed by atoms with Crippen LogP contribution in [0.1, 0.15) is 18.4 Å². The predicted molar refractivity (Wildman–Crippen MR) is 96.0 cm³/mol. The van der Waals surface area contributed by atoms with E-state index in [1.54, 1.807) is 0 Å². The highest BCUT2D eigenvalue weighted by Gasteiger charge is 2.33. The lowest BCUT2D eigenvalue weighted by atomic mass is 10.1. The largest absolute Gasteiger partial charge is 0.355 e. The maximum absolute atomic E-state index is 12.3. The van der Waals surface area contributed by atoms with Crippen molar-refractivity contribution in [3.8, 4) is 0 Å². The zero-order chi connectivity index (χ0) is 17.5. The van der Waals surface area contributed by atoms with Gasteiger partial charge in [0.25, 0.3) is 0 Å². The predicted octanol–water partition coefficient (Wildman–Crippen LogP) is 1.80. The molecule has 132 valence electrons. The molecule has 6 heteroatoms. The van der Waals surface area contributed by atoms with Crippen LogP contribution in [0.2, 0.25) is 5.02 Å². The molecule has 24 heavy (non-hydrogen) atoms. The van der Waals surface area contributed by atoms with Crippen molar-refractivity contribution < 1.29 is 9.59 Å². The summed E-state index contributed by atoms with van der Waals surface area (Å²) in [6.45, 7) is 2.77. The standard InChI is InChI=1S/C18H26ClN3O2/c1-21(2)9-4-10-22-13-15(12-17(22)23)18(24)20-8-7-14-5-3-6-16(19)11-14/h3,5-6,11,15H,4,7-10,12-13H2,1-2H3,(H,20,24). The average Bonchev–Trinajstić information content (AvgIpc) is 2.88. The number of likely N-dealkylation sites (tertiary alicyclic amines) is 1. The van der Waals surface area contributed by atoms with Crippen molar-refractivity contribution in [2.45, 2.75) is 19.3 Å². The zero-order valence-electron chi connectivity index (χ0n) is 14.4. The molecule has 1 aliphatic rings. The van der Waals surface area contributed by atoms with Crippen LogP contribution in [0.15, 0.2) is 24.3 Å². The SMILES string of the molecule is CN(C)CCCN1CC(C(=O)NCCc2cccc(Cl)c2)CC1=O. The minimum atomic E-state index is -0.226. The van der Waals surface area contributed by atoms with Gasteiger partial charge >= 0.3 is 0 Å². The first kappa shape index (κ1) is 18.7. The van der Waals surface area contributed by atoms with E-state index in [1.165, 1.54) is 0 Å². The number of halogens is 1. The summed E-state index contributed by atoms with van der Waals surface area (Å²) in [4.78, 5) is 28.2. The minimum absolute atomic E-state index is 0.0273. The molecule has 0 bridgehead atoms. The van der Waals surface area contributed by atoms with Crippen LogP contribution in [-0.4, -0.2) is 61.9 Å². The fourth-order valence-corrected chi connectivity index (χ4v) is 3.12. The van der Waals surface area contributed by atoms with E-state index in [0.717, 1.165) is 31.5 Å². The van der Waals surface area contributed by atoms with E-state index in [-0.39, 0.29) is 17.7 Å². The molecule has 2 rings (SSSR count). The maximum Gasteiger partial charge on any atom is 0.225 e. The normalized spacial score (nSPS) is 17.6. The molecule has 2 amide bonds. The van der Waals surface area contributed by atoms with E-state index in [2.05, 4.69) is 10.2 Å².